The molecular formula is C15H15BrFN. The Balaban J connectivity index is 2.31. The van der Waals surface area contributed by atoms with Crippen LogP contribution in [-0.4, -0.2) is 6.54 Å². The zero-order valence-corrected chi connectivity index (χ0v) is 11.8. The Morgan fingerprint density at radius 2 is 1.72 bits per heavy atom. The second-order valence-electron chi connectivity index (χ2n) is 4.09. The van der Waals surface area contributed by atoms with Crippen LogP contribution in [-0.2, 0) is 6.54 Å². The summed E-state index contributed by atoms with van der Waals surface area (Å²) in [7, 11) is 0. The van der Waals surface area contributed by atoms with E-state index < -0.39 is 0 Å². The van der Waals surface area contributed by atoms with Crippen LogP contribution in [0, 0.1) is 5.82 Å². The minimum Gasteiger partial charge on any atom is -0.313 e. The molecule has 0 aliphatic carbocycles. The molecule has 3 heteroatoms. The number of halogens is 2. The van der Waals surface area contributed by atoms with Gasteiger partial charge in [-0.25, -0.2) is 4.39 Å². The van der Waals surface area contributed by atoms with E-state index in [9.17, 15) is 4.39 Å². The van der Waals surface area contributed by atoms with Crippen LogP contribution in [0.2, 0.25) is 0 Å². The van der Waals surface area contributed by atoms with Gasteiger partial charge in [-0.15, -0.1) is 0 Å². The summed E-state index contributed by atoms with van der Waals surface area (Å²) in [5.41, 5.74) is 2.84. The maximum atomic E-state index is 13.6. The summed E-state index contributed by atoms with van der Waals surface area (Å²) in [6, 6.07) is 13.3. The first-order chi connectivity index (χ1) is 8.70. The maximum Gasteiger partial charge on any atom is 0.127 e. The number of hydrogen-bond donors (Lipinski definition) is 1. The Bertz CT molecular complexity index is 523. The van der Waals surface area contributed by atoms with E-state index in [-0.39, 0.29) is 5.82 Å². The fourth-order valence-corrected chi connectivity index (χ4v) is 2.06. The van der Waals surface area contributed by atoms with Crippen LogP contribution >= 0.6 is 15.9 Å². The van der Waals surface area contributed by atoms with Gasteiger partial charge in [0.05, 0.1) is 0 Å². The van der Waals surface area contributed by atoms with Gasteiger partial charge in [0.2, 0.25) is 0 Å². The molecule has 0 saturated heterocycles. The van der Waals surface area contributed by atoms with Crippen molar-refractivity contribution in [2.75, 3.05) is 6.54 Å². The van der Waals surface area contributed by atoms with Crippen molar-refractivity contribution >= 4 is 15.9 Å². The Hall–Kier alpha value is -1.19. The second-order valence-corrected chi connectivity index (χ2v) is 5.01. The monoisotopic (exact) mass is 307 g/mol. The number of nitrogens with one attached hydrogen (secondary N) is 1. The smallest absolute Gasteiger partial charge is 0.127 e. The molecule has 0 heterocycles. The Morgan fingerprint density at radius 3 is 2.39 bits per heavy atom. The molecule has 0 amide bonds. The van der Waals surface area contributed by atoms with Crippen molar-refractivity contribution in [3.63, 3.8) is 0 Å². The fraction of sp³-hybridized carbons (Fsp3) is 0.200. The van der Waals surface area contributed by atoms with E-state index in [1.807, 2.05) is 43.3 Å². The molecule has 0 aliphatic rings. The van der Waals surface area contributed by atoms with Gasteiger partial charge in [-0.05, 0) is 41.9 Å². The minimum atomic E-state index is -0.156. The van der Waals surface area contributed by atoms with Gasteiger partial charge in [-0.2, -0.15) is 0 Å². The molecule has 0 aliphatic heterocycles. The van der Waals surface area contributed by atoms with Gasteiger partial charge in [0.25, 0.3) is 0 Å². The van der Waals surface area contributed by atoms with E-state index in [1.165, 1.54) is 6.07 Å². The molecule has 1 N–H and O–H groups in total. The van der Waals surface area contributed by atoms with Crippen molar-refractivity contribution < 1.29 is 4.39 Å². The average Bonchev–Trinajstić information content (AvgIpc) is 2.39. The third kappa shape index (κ3) is 3.18. The van der Waals surface area contributed by atoms with Crippen molar-refractivity contribution in [3.05, 3.63) is 58.3 Å². The van der Waals surface area contributed by atoms with Crippen LogP contribution in [0.3, 0.4) is 0 Å². The Morgan fingerprint density at radius 1 is 1.06 bits per heavy atom. The molecule has 2 aromatic carbocycles. The average molecular weight is 308 g/mol. The van der Waals surface area contributed by atoms with Crippen molar-refractivity contribution in [1.82, 2.24) is 5.32 Å². The summed E-state index contributed by atoms with van der Waals surface area (Å²) in [6.07, 6.45) is 0. The van der Waals surface area contributed by atoms with Gasteiger partial charge in [-0.1, -0.05) is 41.1 Å². The van der Waals surface area contributed by atoms with Crippen LogP contribution in [0.4, 0.5) is 4.39 Å². The summed E-state index contributed by atoms with van der Waals surface area (Å²) in [4.78, 5) is 0. The van der Waals surface area contributed by atoms with Gasteiger partial charge < -0.3 is 5.32 Å². The summed E-state index contributed by atoms with van der Waals surface area (Å²) < 4.78 is 14.7. The maximum absolute atomic E-state index is 13.6. The second kappa shape index (κ2) is 6.12. The van der Waals surface area contributed by atoms with Crippen molar-refractivity contribution in [3.8, 4) is 11.1 Å². The molecule has 0 radical (unpaired) electrons. The molecule has 1 nitrogen and oxygen atoms in total. The van der Waals surface area contributed by atoms with E-state index in [1.54, 1.807) is 0 Å². The first kappa shape index (κ1) is 13.2. The molecular weight excluding hydrogens is 293 g/mol. The molecule has 0 aromatic heterocycles. The Kier molecular flexibility index (Phi) is 4.50. The molecule has 0 fully saturated rings. The molecule has 94 valence electrons. The third-order valence-corrected chi connectivity index (χ3v) is 3.32. The highest BCUT2D eigenvalue weighted by Crippen LogP contribution is 2.23. The third-order valence-electron chi connectivity index (χ3n) is 2.79. The van der Waals surface area contributed by atoms with Crippen LogP contribution in [0.1, 0.15) is 12.5 Å². The van der Waals surface area contributed by atoms with E-state index >= 15 is 0 Å². The standard InChI is InChI=1S/C15H15BrFN/c1-2-18-10-13-9-12(5-8-15(13)17)11-3-6-14(16)7-4-11/h3-9,18H,2,10H2,1H3. The molecule has 0 bridgehead atoms. The van der Waals surface area contributed by atoms with Gasteiger partial charge in [0.15, 0.2) is 0 Å². The van der Waals surface area contributed by atoms with E-state index in [4.69, 9.17) is 0 Å². The molecule has 0 unspecified atom stereocenters. The zero-order valence-electron chi connectivity index (χ0n) is 10.2. The number of rotatable bonds is 4. The van der Waals surface area contributed by atoms with Crippen molar-refractivity contribution in [2.45, 2.75) is 13.5 Å². The largest absolute Gasteiger partial charge is 0.313 e. The summed E-state index contributed by atoms with van der Waals surface area (Å²) in [5, 5.41) is 3.15. The SMILES string of the molecule is CCNCc1cc(-c2ccc(Br)cc2)ccc1F. The predicted octanol–water partition coefficient (Wildman–Crippen LogP) is 4.36. The first-order valence-electron chi connectivity index (χ1n) is 5.96. The van der Waals surface area contributed by atoms with Crippen molar-refractivity contribution in [2.24, 2.45) is 0 Å². The molecule has 18 heavy (non-hydrogen) atoms. The number of hydrogen-bond acceptors (Lipinski definition) is 1. The van der Waals surface area contributed by atoms with Gasteiger partial charge in [0, 0.05) is 16.6 Å². The lowest BCUT2D eigenvalue weighted by Gasteiger charge is -2.08. The molecule has 0 saturated carbocycles. The van der Waals surface area contributed by atoms with E-state index in [0.29, 0.717) is 12.1 Å². The summed E-state index contributed by atoms with van der Waals surface area (Å²) in [6.45, 7) is 3.41. The molecule has 0 spiro atoms. The molecule has 2 aromatic rings. The summed E-state index contributed by atoms with van der Waals surface area (Å²) in [5.74, 6) is -0.156. The minimum absolute atomic E-state index is 0.156. The predicted molar refractivity (Wildman–Crippen MR) is 76.9 cm³/mol. The van der Waals surface area contributed by atoms with E-state index in [2.05, 4.69) is 21.2 Å². The van der Waals surface area contributed by atoms with Gasteiger partial charge >= 0.3 is 0 Å². The highest BCUT2D eigenvalue weighted by Gasteiger charge is 2.04. The topological polar surface area (TPSA) is 12.0 Å². The first-order valence-corrected chi connectivity index (χ1v) is 6.75. The van der Waals surface area contributed by atoms with E-state index in [0.717, 1.165) is 22.1 Å². The highest BCUT2D eigenvalue weighted by molar-refractivity contribution is 9.10. The normalized spacial score (nSPS) is 10.6. The molecule has 2 rings (SSSR count). The summed E-state index contributed by atoms with van der Waals surface area (Å²) >= 11 is 3.41. The highest BCUT2D eigenvalue weighted by atomic mass is 79.9. The van der Waals surface area contributed by atoms with Crippen LogP contribution in [0.15, 0.2) is 46.9 Å². The lowest BCUT2D eigenvalue weighted by Crippen LogP contribution is -2.12. The van der Waals surface area contributed by atoms with Crippen LogP contribution in [0.5, 0.6) is 0 Å². The fourth-order valence-electron chi connectivity index (χ4n) is 1.79. The van der Waals surface area contributed by atoms with Crippen molar-refractivity contribution in [1.29, 1.82) is 0 Å². The quantitative estimate of drug-likeness (QED) is 0.884. The van der Waals surface area contributed by atoms with Crippen LogP contribution < -0.4 is 5.32 Å². The Labute approximate surface area is 115 Å². The lowest BCUT2D eigenvalue weighted by atomic mass is 10.0. The van der Waals surface area contributed by atoms with Crippen LogP contribution in [0.25, 0.3) is 11.1 Å². The van der Waals surface area contributed by atoms with Gasteiger partial charge in [-0.3, -0.25) is 0 Å². The van der Waals surface area contributed by atoms with Gasteiger partial charge in [0.1, 0.15) is 5.82 Å². The zero-order chi connectivity index (χ0) is 13.0. The molecule has 0 atom stereocenters. The lowest BCUT2D eigenvalue weighted by molar-refractivity contribution is 0.593. The number of benzene rings is 2.